The number of ether oxygens (including phenoxy) is 1. The average Bonchev–Trinajstić information content (AvgIpc) is 2.69. The van der Waals surface area contributed by atoms with Gasteiger partial charge in [-0.25, -0.2) is 4.99 Å². The van der Waals surface area contributed by atoms with E-state index in [1.165, 1.54) is 0 Å². The molecule has 4 nitrogen and oxygen atoms in total. The highest BCUT2D eigenvalue weighted by Gasteiger charge is 2.20. The summed E-state index contributed by atoms with van der Waals surface area (Å²) in [4.78, 5) is 3.90. The molecule has 0 radical (unpaired) electrons. The largest absolute Gasteiger partial charge is 0.490 e. The fraction of sp³-hybridized carbons (Fsp3) is 0.318. The van der Waals surface area contributed by atoms with Gasteiger partial charge < -0.3 is 16.2 Å². The van der Waals surface area contributed by atoms with E-state index in [9.17, 15) is 0 Å². The standard InChI is InChI=1S/C22H26ClN3O/c1-14(15-6-4-3-5-7-15)19-12-18(13-20(23)21(19)22(25)26-2)27-17-10-8-16(24)9-11-17/h3-7,12-13,16-17H,2,8-11,24-25H2,1H3/b19-14+,22-21+. The number of aliphatic imine (C=N–C) groups is 1. The van der Waals surface area contributed by atoms with Crippen LogP contribution in [-0.4, -0.2) is 18.9 Å². The highest BCUT2D eigenvalue weighted by molar-refractivity contribution is 6.31. The van der Waals surface area contributed by atoms with Gasteiger partial charge in [-0.1, -0.05) is 41.9 Å². The highest BCUT2D eigenvalue weighted by atomic mass is 35.5. The Hall–Kier alpha value is -2.30. The van der Waals surface area contributed by atoms with Gasteiger partial charge in [-0.05, 0) is 67.8 Å². The molecule has 0 bridgehead atoms. The van der Waals surface area contributed by atoms with Crippen LogP contribution in [0.15, 0.2) is 47.5 Å². The van der Waals surface area contributed by atoms with Gasteiger partial charge in [0.25, 0.3) is 0 Å². The van der Waals surface area contributed by atoms with E-state index in [-0.39, 0.29) is 12.1 Å². The number of halogens is 1. The van der Waals surface area contributed by atoms with Gasteiger partial charge >= 0.3 is 0 Å². The third kappa shape index (κ3) is 4.52. The van der Waals surface area contributed by atoms with Crippen LogP contribution in [0.3, 0.4) is 0 Å². The molecular formula is C22H26ClN3O. The van der Waals surface area contributed by atoms with E-state index in [2.05, 4.69) is 23.8 Å². The topological polar surface area (TPSA) is 73.6 Å². The second kappa shape index (κ2) is 8.59. The maximum Gasteiger partial charge on any atom is 0.132 e. The van der Waals surface area contributed by atoms with Crippen LogP contribution in [0.2, 0.25) is 5.02 Å². The molecule has 0 aliphatic heterocycles. The van der Waals surface area contributed by atoms with Gasteiger partial charge in [0.15, 0.2) is 0 Å². The zero-order chi connectivity index (χ0) is 19.4. The van der Waals surface area contributed by atoms with E-state index in [0.29, 0.717) is 16.1 Å². The molecule has 2 aromatic rings. The van der Waals surface area contributed by atoms with Crippen molar-refractivity contribution < 1.29 is 4.74 Å². The minimum absolute atomic E-state index is 0.162. The van der Waals surface area contributed by atoms with E-state index >= 15 is 0 Å². The first-order valence-electron chi connectivity index (χ1n) is 9.24. The smallest absolute Gasteiger partial charge is 0.132 e. The van der Waals surface area contributed by atoms with Gasteiger partial charge in [0.05, 0.1) is 11.1 Å². The molecular weight excluding hydrogens is 358 g/mol. The SMILES string of the molecule is C=N/C(N)=c1/c(Cl)cc(OC2CCC(N)CC2)c/c1=C(/C)c1ccccc1. The van der Waals surface area contributed by atoms with E-state index < -0.39 is 0 Å². The maximum absolute atomic E-state index is 6.58. The predicted molar refractivity (Wildman–Crippen MR) is 113 cm³/mol. The van der Waals surface area contributed by atoms with E-state index in [4.69, 9.17) is 27.8 Å². The Morgan fingerprint density at radius 3 is 2.44 bits per heavy atom. The Morgan fingerprint density at radius 1 is 1.15 bits per heavy atom. The van der Waals surface area contributed by atoms with Crippen molar-refractivity contribution in [3.63, 3.8) is 0 Å². The third-order valence-corrected chi connectivity index (χ3v) is 5.42. The third-order valence-electron chi connectivity index (χ3n) is 5.12. The molecule has 27 heavy (non-hydrogen) atoms. The summed E-state index contributed by atoms with van der Waals surface area (Å²) in [5.74, 6) is 1.05. The number of nitrogens with zero attached hydrogens (tertiary/aromatic N) is 1. The van der Waals surface area contributed by atoms with Crippen LogP contribution in [-0.2, 0) is 0 Å². The molecule has 1 saturated carbocycles. The van der Waals surface area contributed by atoms with Gasteiger partial charge in [-0.2, -0.15) is 0 Å². The predicted octanol–water partition coefficient (Wildman–Crippen LogP) is 2.93. The summed E-state index contributed by atoms with van der Waals surface area (Å²) in [5, 5.41) is 2.10. The Balaban J connectivity index is 2.12. The molecule has 0 aromatic heterocycles. The normalized spacial score (nSPS) is 22.0. The number of rotatable bonds is 4. The van der Waals surface area contributed by atoms with Gasteiger partial charge in [0, 0.05) is 11.3 Å². The Labute approximate surface area is 165 Å². The highest BCUT2D eigenvalue weighted by Crippen LogP contribution is 2.23. The molecule has 0 amide bonds. The van der Waals surface area contributed by atoms with Gasteiger partial charge in [-0.15, -0.1) is 0 Å². The second-order valence-corrected chi connectivity index (χ2v) is 7.42. The molecule has 0 saturated heterocycles. The number of hydrogen-bond acceptors (Lipinski definition) is 4. The van der Waals surface area contributed by atoms with Crippen LogP contribution in [0.4, 0.5) is 0 Å². The van der Waals surface area contributed by atoms with Crippen LogP contribution >= 0.6 is 11.6 Å². The first-order chi connectivity index (χ1) is 13.0. The maximum atomic E-state index is 6.58. The molecule has 5 heteroatoms. The quantitative estimate of drug-likeness (QED) is 0.797. The van der Waals surface area contributed by atoms with Crippen molar-refractivity contribution in [3.8, 4) is 5.75 Å². The van der Waals surface area contributed by atoms with Crippen LogP contribution < -0.4 is 26.6 Å². The summed E-state index contributed by atoms with van der Waals surface area (Å²) in [7, 11) is 0. The lowest BCUT2D eigenvalue weighted by Crippen LogP contribution is -2.34. The van der Waals surface area contributed by atoms with E-state index in [0.717, 1.165) is 47.8 Å². The summed E-state index contributed by atoms with van der Waals surface area (Å²) < 4.78 is 6.23. The van der Waals surface area contributed by atoms with Crippen LogP contribution in [0.25, 0.3) is 11.4 Å². The summed E-state index contributed by atoms with van der Waals surface area (Å²) in [6.07, 6.45) is 4.05. The van der Waals surface area contributed by atoms with Crippen LogP contribution in [0, 0.1) is 0 Å². The van der Waals surface area contributed by atoms with Crippen molar-refractivity contribution in [2.75, 3.05) is 0 Å². The van der Waals surface area contributed by atoms with Crippen LogP contribution in [0.1, 0.15) is 38.2 Å². The summed E-state index contributed by atoms with van der Waals surface area (Å²) in [6.45, 7) is 5.60. The lowest BCUT2D eigenvalue weighted by Gasteiger charge is -2.27. The lowest BCUT2D eigenvalue weighted by atomic mass is 9.93. The van der Waals surface area contributed by atoms with Gasteiger partial charge in [0.1, 0.15) is 11.6 Å². The van der Waals surface area contributed by atoms with Crippen molar-refractivity contribution >= 4 is 29.7 Å². The average molecular weight is 384 g/mol. The second-order valence-electron chi connectivity index (χ2n) is 7.02. The van der Waals surface area contributed by atoms with Crippen LogP contribution in [0.5, 0.6) is 5.75 Å². The zero-order valence-corrected chi connectivity index (χ0v) is 16.4. The first-order valence-corrected chi connectivity index (χ1v) is 9.62. The number of benzene rings is 2. The fourth-order valence-corrected chi connectivity index (χ4v) is 3.83. The minimum Gasteiger partial charge on any atom is -0.490 e. The molecule has 142 valence electrons. The van der Waals surface area contributed by atoms with Crippen molar-refractivity contribution in [3.05, 3.63) is 63.5 Å². The zero-order valence-electron chi connectivity index (χ0n) is 15.6. The summed E-state index contributed by atoms with van der Waals surface area (Å²) in [5.41, 5.74) is 14.2. The molecule has 1 aliphatic rings. The molecule has 0 spiro atoms. The summed E-state index contributed by atoms with van der Waals surface area (Å²) >= 11 is 6.58. The van der Waals surface area contributed by atoms with Gasteiger partial charge in [0.2, 0.25) is 0 Å². The Morgan fingerprint density at radius 2 is 1.81 bits per heavy atom. The Kier molecular flexibility index (Phi) is 6.19. The van der Waals surface area contributed by atoms with Gasteiger partial charge in [-0.3, -0.25) is 0 Å². The molecule has 0 heterocycles. The van der Waals surface area contributed by atoms with E-state index in [1.807, 2.05) is 37.3 Å². The lowest BCUT2D eigenvalue weighted by molar-refractivity contribution is 0.147. The minimum atomic E-state index is 0.162. The monoisotopic (exact) mass is 383 g/mol. The Bertz CT molecular complexity index is 932. The molecule has 1 fully saturated rings. The fourth-order valence-electron chi connectivity index (χ4n) is 3.53. The number of hydrogen-bond donors (Lipinski definition) is 2. The molecule has 2 aromatic carbocycles. The molecule has 0 atom stereocenters. The molecule has 0 unspecified atom stereocenters. The molecule has 1 aliphatic carbocycles. The first kappa shape index (κ1) is 19.5. The van der Waals surface area contributed by atoms with E-state index in [1.54, 1.807) is 0 Å². The van der Waals surface area contributed by atoms with Crippen molar-refractivity contribution in [1.82, 2.24) is 0 Å². The molecule has 4 N–H and O–H groups in total. The summed E-state index contributed by atoms with van der Waals surface area (Å²) in [6, 6.07) is 14.2. The molecule has 3 rings (SSSR count). The van der Waals surface area contributed by atoms with Crippen molar-refractivity contribution in [2.45, 2.75) is 44.8 Å². The number of nitrogens with two attached hydrogens (primary N) is 2. The van der Waals surface area contributed by atoms with Crippen molar-refractivity contribution in [1.29, 1.82) is 0 Å². The van der Waals surface area contributed by atoms with Crippen molar-refractivity contribution in [2.24, 2.45) is 16.5 Å².